The molecule has 0 aliphatic rings. The van der Waals surface area contributed by atoms with Crippen LogP contribution in [0.15, 0.2) is 24.3 Å². The molecule has 0 aliphatic heterocycles. The van der Waals surface area contributed by atoms with E-state index in [-0.39, 0.29) is 17.9 Å². The summed E-state index contributed by atoms with van der Waals surface area (Å²) in [5.41, 5.74) is 6.56. The Hall–Kier alpha value is -1.59. The Bertz CT molecular complexity index is 459. The predicted molar refractivity (Wildman–Crippen MR) is 85.2 cm³/mol. The van der Waals surface area contributed by atoms with Crippen LogP contribution in [0.1, 0.15) is 19.4 Å². The monoisotopic (exact) mass is 293 g/mol. The number of carbonyl (C=O) groups is 1. The van der Waals surface area contributed by atoms with Crippen molar-refractivity contribution in [1.82, 2.24) is 10.2 Å². The van der Waals surface area contributed by atoms with Gasteiger partial charge in [-0.25, -0.2) is 0 Å². The number of nitrogens with two attached hydrogens (primary N) is 1. The van der Waals surface area contributed by atoms with E-state index in [1.807, 2.05) is 38.4 Å². The first-order chi connectivity index (χ1) is 9.84. The highest BCUT2D eigenvalue weighted by Crippen LogP contribution is 2.17. The molecule has 0 aromatic heterocycles. The molecule has 0 saturated carbocycles. The fourth-order valence-electron chi connectivity index (χ4n) is 2.26. The van der Waals surface area contributed by atoms with Crippen molar-refractivity contribution in [2.24, 2.45) is 11.1 Å². The van der Waals surface area contributed by atoms with E-state index in [0.29, 0.717) is 18.8 Å². The van der Waals surface area contributed by atoms with Crippen LogP contribution in [0.25, 0.3) is 0 Å². The number of ether oxygens (including phenoxy) is 1. The third-order valence-electron chi connectivity index (χ3n) is 3.06. The standard InChI is InChI=1S/C16H27N3O2/c1-16(2,12-19(3)4)11-18-15(20)10-21-14-8-6-5-7-13(14)9-17/h5-8H,9-12,17H2,1-4H3,(H,18,20). The maximum atomic E-state index is 11.9. The smallest absolute Gasteiger partial charge is 0.257 e. The van der Waals surface area contributed by atoms with Crippen molar-refractivity contribution >= 4 is 5.91 Å². The van der Waals surface area contributed by atoms with Gasteiger partial charge in [-0.1, -0.05) is 32.0 Å². The average Bonchev–Trinajstić information content (AvgIpc) is 2.42. The van der Waals surface area contributed by atoms with Crippen molar-refractivity contribution in [3.8, 4) is 5.75 Å². The van der Waals surface area contributed by atoms with E-state index in [1.165, 1.54) is 0 Å². The number of carbonyl (C=O) groups excluding carboxylic acids is 1. The van der Waals surface area contributed by atoms with Gasteiger partial charge in [-0.15, -0.1) is 0 Å². The maximum Gasteiger partial charge on any atom is 0.257 e. The van der Waals surface area contributed by atoms with Gasteiger partial charge in [0.15, 0.2) is 6.61 Å². The second kappa shape index (κ2) is 8.00. The zero-order valence-electron chi connectivity index (χ0n) is 13.5. The molecule has 21 heavy (non-hydrogen) atoms. The van der Waals surface area contributed by atoms with Crippen molar-refractivity contribution in [1.29, 1.82) is 0 Å². The fourth-order valence-corrected chi connectivity index (χ4v) is 2.26. The Morgan fingerprint density at radius 3 is 2.62 bits per heavy atom. The molecule has 1 aromatic carbocycles. The van der Waals surface area contributed by atoms with E-state index in [2.05, 4.69) is 24.1 Å². The van der Waals surface area contributed by atoms with Gasteiger partial charge in [0, 0.05) is 25.2 Å². The molecule has 118 valence electrons. The van der Waals surface area contributed by atoms with E-state index >= 15 is 0 Å². The van der Waals surface area contributed by atoms with Gasteiger partial charge < -0.3 is 20.7 Å². The van der Waals surface area contributed by atoms with Crippen molar-refractivity contribution in [3.63, 3.8) is 0 Å². The topological polar surface area (TPSA) is 67.6 Å². The van der Waals surface area contributed by atoms with Gasteiger partial charge in [-0.3, -0.25) is 4.79 Å². The van der Waals surface area contributed by atoms with Crippen LogP contribution in [0, 0.1) is 5.41 Å². The highest BCUT2D eigenvalue weighted by molar-refractivity contribution is 5.77. The van der Waals surface area contributed by atoms with Crippen LogP contribution in [0.4, 0.5) is 0 Å². The van der Waals surface area contributed by atoms with Crippen molar-refractivity contribution in [3.05, 3.63) is 29.8 Å². The Morgan fingerprint density at radius 2 is 2.00 bits per heavy atom. The molecule has 0 saturated heterocycles. The molecule has 5 nitrogen and oxygen atoms in total. The van der Waals surface area contributed by atoms with Crippen LogP contribution < -0.4 is 15.8 Å². The summed E-state index contributed by atoms with van der Waals surface area (Å²) in [6.45, 7) is 6.18. The molecule has 0 heterocycles. The van der Waals surface area contributed by atoms with E-state index < -0.39 is 0 Å². The second-order valence-electron chi connectivity index (χ2n) is 6.28. The van der Waals surface area contributed by atoms with Gasteiger partial charge in [0.05, 0.1) is 0 Å². The van der Waals surface area contributed by atoms with Crippen molar-refractivity contribution < 1.29 is 9.53 Å². The lowest BCUT2D eigenvalue weighted by Gasteiger charge is -2.28. The van der Waals surface area contributed by atoms with Gasteiger partial charge in [0.2, 0.25) is 0 Å². The van der Waals surface area contributed by atoms with Crippen LogP contribution in [-0.4, -0.2) is 44.6 Å². The van der Waals surface area contributed by atoms with E-state index in [9.17, 15) is 4.79 Å². The minimum Gasteiger partial charge on any atom is -0.483 e. The van der Waals surface area contributed by atoms with Crippen LogP contribution in [0.5, 0.6) is 5.75 Å². The first kappa shape index (κ1) is 17.5. The predicted octanol–water partition coefficient (Wildman–Crippen LogP) is 1.23. The van der Waals surface area contributed by atoms with Crippen molar-refractivity contribution in [2.45, 2.75) is 20.4 Å². The fraction of sp³-hybridized carbons (Fsp3) is 0.562. The minimum absolute atomic E-state index is 0.00899. The number of benzene rings is 1. The second-order valence-corrected chi connectivity index (χ2v) is 6.28. The molecule has 3 N–H and O–H groups in total. The molecule has 0 radical (unpaired) electrons. The summed E-state index contributed by atoms with van der Waals surface area (Å²) in [6.07, 6.45) is 0. The Kier molecular flexibility index (Phi) is 6.65. The molecule has 1 aromatic rings. The number of rotatable bonds is 8. The molecular weight excluding hydrogens is 266 g/mol. The van der Waals surface area contributed by atoms with Crippen LogP contribution >= 0.6 is 0 Å². The van der Waals surface area contributed by atoms with Crippen LogP contribution in [0.3, 0.4) is 0 Å². The SMILES string of the molecule is CN(C)CC(C)(C)CNC(=O)COc1ccccc1CN. The lowest BCUT2D eigenvalue weighted by atomic mass is 9.93. The van der Waals surface area contributed by atoms with Gasteiger partial charge in [-0.2, -0.15) is 0 Å². The third-order valence-corrected chi connectivity index (χ3v) is 3.06. The summed E-state index contributed by atoms with van der Waals surface area (Å²) < 4.78 is 5.53. The molecule has 0 spiro atoms. The molecule has 5 heteroatoms. The maximum absolute atomic E-state index is 11.9. The number of nitrogens with one attached hydrogen (secondary N) is 1. The summed E-state index contributed by atoms with van der Waals surface area (Å²) in [6, 6.07) is 7.49. The van der Waals surface area contributed by atoms with Gasteiger partial charge >= 0.3 is 0 Å². The highest BCUT2D eigenvalue weighted by Gasteiger charge is 2.19. The summed E-state index contributed by atoms with van der Waals surface area (Å²) >= 11 is 0. The van der Waals surface area contributed by atoms with Crippen LogP contribution in [-0.2, 0) is 11.3 Å². The summed E-state index contributed by atoms with van der Waals surface area (Å²) in [7, 11) is 4.05. The minimum atomic E-state index is -0.117. The molecule has 0 aliphatic carbocycles. The number of amides is 1. The normalized spacial score (nSPS) is 11.5. The number of nitrogens with zero attached hydrogens (tertiary/aromatic N) is 1. The zero-order chi connectivity index (χ0) is 15.9. The van der Waals surface area contributed by atoms with Gasteiger partial charge in [0.1, 0.15) is 5.75 Å². The first-order valence-corrected chi connectivity index (χ1v) is 7.16. The molecule has 1 amide bonds. The molecule has 0 fully saturated rings. The van der Waals surface area contributed by atoms with E-state index in [0.717, 1.165) is 12.1 Å². The lowest BCUT2D eigenvalue weighted by Crippen LogP contribution is -2.41. The third kappa shape index (κ3) is 6.60. The largest absolute Gasteiger partial charge is 0.483 e. The Morgan fingerprint density at radius 1 is 1.33 bits per heavy atom. The first-order valence-electron chi connectivity index (χ1n) is 7.16. The van der Waals surface area contributed by atoms with E-state index in [4.69, 9.17) is 10.5 Å². The zero-order valence-corrected chi connectivity index (χ0v) is 13.5. The molecule has 0 unspecified atom stereocenters. The number of hydrogen-bond acceptors (Lipinski definition) is 4. The lowest BCUT2D eigenvalue weighted by molar-refractivity contribution is -0.123. The Balaban J connectivity index is 2.41. The average molecular weight is 293 g/mol. The molecule has 0 atom stereocenters. The van der Waals surface area contributed by atoms with Gasteiger partial charge in [-0.05, 0) is 25.6 Å². The molecule has 0 bridgehead atoms. The summed E-state index contributed by atoms with van der Waals surface area (Å²) in [4.78, 5) is 14.0. The van der Waals surface area contributed by atoms with Crippen molar-refractivity contribution in [2.75, 3.05) is 33.8 Å². The number of para-hydroxylation sites is 1. The molecule has 1 rings (SSSR count). The van der Waals surface area contributed by atoms with E-state index in [1.54, 1.807) is 0 Å². The highest BCUT2D eigenvalue weighted by atomic mass is 16.5. The number of hydrogen-bond donors (Lipinski definition) is 2. The van der Waals surface area contributed by atoms with Crippen LogP contribution in [0.2, 0.25) is 0 Å². The quantitative estimate of drug-likeness (QED) is 0.756. The molecular formula is C16H27N3O2. The summed E-state index contributed by atoms with van der Waals surface area (Å²) in [5.74, 6) is 0.552. The van der Waals surface area contributed by atoms with Gasteiger partial charge in [0.25, 0.3) is 5.91 Å². The Labute approximate surface area is 127 Å². The summed E-state index contributed by atoms with van der Waals surface area (Å²) in [5, 5.41) is 2.91.